The van der Waals surface area contributed by atoms with E-state index in [1.54, 1.807) is 26.6 Å². The molecule has 0 amide bonds. The SMILES string of the molecule is COc1ccc(OCc2cc(C=Nn3cc(C)nc3N)ccc2OC)cc1. The van der Waals surface area contributed by atoms with Crippen LogP contribution in [-0.2, 0) is 6.61 Å². The predicted octanol–water partition coefficient (Wildman–Crippen LogP) is 3.25. The van der Waals surface area contributed by atoms with Gasteiger partial charge in [0.15, 0.2) is 0 Å². The molecule has 0 bridgehead atoms. The molecule has 0 saturated heterocycles. The lowest BCUT2D eigenvalue weighted by molar-refractivity contribution is 0.296. The highest BCUT2D eigenvalue weighted by Gasteiger charge is 2.06. The van der Waals surface area contributed by atoms with Crippen molar-refractivity contribution in [1.82, 2.24) is 9.66 Å². The third-order valence-electron chi connectivity index (χ3n) is 3.92. The van der Waals surface area contributed by atoms with E-state index in [9.17, 15) is 0 Å². The number of aromatic nitrogens is 2. The van der Waals surface area contributed by atoms with Crippen molar-refractivity contribution in [1.29, 1.82) is 0 Å². The number of imidazole rings is 1. The van der Waals surface area contributed by atoms with Gasteiger partial charge in [-0.1, -0.05) is 0 Å². The molecule has 3 rings (SSSR count). The second kappa shape index (κ2) is 8.27. The fraction of sp³-hybridized carbons (Fsp3) is 0.200. The van der Waals surface area contributed by atoms with Crippen molar-refractivity contribution in [3.8, 4) is 17.2 Å². The number of benzene rings is 2. The third-order valence-corrected chi connectivity index (χ3v) is 3.92. The van der Waals surface area contributed by atoms with E-state index in [0.29, 0.717) is 12.6 Å². The zero-order chi connectivity index (χ0) is 19.2. The van der Waals surface area contributed by atoms with Gasteiger partial charge in [-0.05, 0) is 55.0 Å². The number of nitrogen functional groups attached to an aromatic ring is 1. The van der Waals surface area contributed by atoms with Crippen molar-refractivity contribution < 1.29 is 14.2 Å². The minimum absolute atomic E-state index is 0.348. The number of hydrogen-bond donors (Lipinski definition) is 1. The van der Waals surface area contributed by atoms with E-state index in [2.05, 4.69) is 10.1 Å². The van der Waals surface area contributed by atoms with Gasteiger partial charge >= 0.3 is 0 Å². The van der Waals surface area contributed by atoms with E-state index < -0.39 is 0 Å². The first-order valence-electron chi connectivity index (χ1n) is 8.38. The van der Waals surface area contributed by atoms with Gasteiger partial charge < -0.3 is 19.9 Å². The van der Waals surface area contributed by atoms with Crippen LogP contribution in [0.1, 0.15) is 16.8 Å². The van der Waals surface area contributed by atoms with Crippen LogP contribution in [-0.4, -0.2) is 30.1 Å². The van der Waals surface area contributed by atoms with Crippen molar-refractivity contribution in [3.63, 3.8) is 0 Å². The Morgan fingerprint density at radius 3 is 2.44 bits per heavy atom. The molecule has 2 aromatic carbocycles. The van der Waals surface area contributed by atoms with Crippen molar-refractivity contribution in [2.75, 3.05) is 20.0 Å². The summed E-state index contributed by atoms with van der Waals surface area (Å²) >= 11 is 0. The lowest BCUT2D eigenvalue weighted by Crippen LogP contribution is -2.01. The minimum Gasteiger partial charge on any atom is -0.497 e. The number of hydrogen-bond acceptors (Lipinski definition) is 6. The van der Waals surface area contributed by atoms with Crippen LogP contribution in [0.3, 0.4) is 0 Å². The first kappa shape index (κ1) is 18.3. The summed E-state index contributed by atoms with van der Waals surface area (Å²) in [7, 11) is 3.27. The lowest BCUT2D eigenvalue weighted by atomic mass is 10.1. The highest BCUT2D eigenvalue weighted by molar-refractivity contribution is 5.80. The number of nitrogens with zero attached hydrogens (tertiary/aromatic N) is 3. The van der Waals surface area contributed by atoms with Gasteiger partial charge in [0.2, 0.25) is 5.95 Å². The second-order valence-electron chi connectivity index (χ2n) is 5.87. The highest BCUT2D eigenvalue weighted by atomic mass is 16.5. The Hall–Kier alpha value is -3.48. The van der Waals surface area contributed by atoms with E-state index in [1.165, 1.54) is 4.68 Å². The topological polar surface area (TPSA) is 83.9 Å². The van der Waals surface area contributed by atoms with Crippen molar-refractivity contribution >= 4 is 12.2 Å². The Balaban J connectivity index is 1.75. The molecule has 1 aromatic heterocycles. The maximum Gasteiger partial charge on any atom is 0.221 e. The number of rotatable bonds is 7. The Morgan fingerprint density at radius 1 is 1.07 bits per heavy atom. The van der Waals surface area contributed by atoms with Crippen LogP contribution in [0.15, 0.2) is 53.8 Å². The fourth-order valence-corrected chi connectivity index (χ4v) is 2.55. The van der Waals surface area contributed by atoms with Gasteiger partial charge in [0, 0.05) is 5.56 Å². The molecule has 0 radical (unpaired) electrons. The molecule has 1 heterocycles. The molecule has 2 N–H and O–H groups in total. The van der Waals surface area contributed by atoms with Crippen molar-refractivity contribution in [2.24, 2.45) is 5.10 Å². The standard InChI is InChI=1S/C20H22N4O3/c1-14-12-24(20(21)23-14)22-11-15-4-9-19(26-3)16(10-15)13-27-18-7-5-17(25-2)6-8-18/h4-12H,13H2,1-3H3,(H2,21,23). The first-order chi connectivity index (χ1) is 13.1. The van der Waals surface area contributed by atoms with Crippen molar-refractivity contribution in [2.45, 2.75) is 13.5 Å². The summed E-state index contributed by atoms with van der Waals surface area (Å²) in [6.07, 6.45) is 3.48. The van der Waals surface area contributed by atoms with E-state index in [-0.39, 0.29) is 0 Å². The largest absolute Gasteiger partial charge is 0.497 e. The normalized spacial score (nSPS) is 10.9. The molecule has 0 saturated carbocycles. The zero-order valence-electron chi connectivity index (χ0n) is 15.5. The molecule has 27 heavy (non-hydrogen) atoms. The summed E-state index contributed by atoms with van der Waals surface area (Å²) < 4.78 is 18.0. The molecule has 0 fully saturated rings. The zero-order valence-corrected chi connectivity index (χ0v) is 15.5. The molecule has 0 spiro atoms. The van der Waals surface area contributed by atoms with Crippen LogP contribution in [0.25, 0.3) is 0 Å². The van der Waals surface area contributed by atoms with E-state index in [0.717, 1.165) is 34.1 Å². The van der Waals surface area contributed by atoms with Crippen LogP contribution in [0.4, 0.5) is 5.95 Å². The number of methoxy groups -OCH3 is 2. The van der Waals surface area contributed by atoms with Crippen LogP contribution < -0.4 is 19.9 Å². The molecule has 0 aliphatic carbocycles. The number of nitrogens with two attached hydrogens (primary N) is 1. The van der Waals surface area contributed by atoms with Gasteiger partial charge in [0.1, 0.15) is 23.9 Å². The quantitative estimate of drug-likeness (QED) is 0.649. The average molecular weight is 366 g/mol. The molecule has 0 atom stereocenters. The second-order valence-corrected chi connectivity index (χ2v) is 5.87. The number of aryl methyl sites for hydroxylation is 1. The van der Waals surface area contributed by atoms with E-state index in [1.807, 2.05) is 49.4 Å². The van der Waals surface area contributed by atoms with Crippen LogP contribution in [0, 0.1) is 6.92 Å². The summed E-state index contributed by atoms with van der Waals surface area (Å²) in [6.45, 7) is 2.23. The van der Waals surface area contributed by atoms with Gasteiger partial charge in [-0.25, -0.2) is 9.66 Å². The summed E-state index contributed by atoms with van der Waals surface area (Å²) in [5.74, 6) is 2.63. The Kier molecular flexibility index (Phi) is 5.61. The van der Waals surface area contributed by atoms with E-state index >= 15 is 0 Å². The predicted molar refractivity (Wildman–Crippen MR) is 105 cm³/mol. The summed E-state index contributed by atoms with van der Waals surface area (Å²) in [5.41, 5.74) is 8.42. The van der Waals surface area contributed by atoms with Crippen LogP contribution >= 0.6 is 0 Å². The Bertz CT molecular complexity index is 933. The van der Waals surface area contributed by atoms with Crippen LogP contribution in [0.2, 0.25) is 0 Å². The minimum atomic E-state index is 0.348. The summed E-state index contributed by atoms with van der Waals surface area (Å²) in [4.78, 5) is 4.12. The maximum absolute atomic E-state index is 5.86. The molecule has 3 aromatic rings. The fourth-order valence-electron chi connectivity index (χ4n) is 2.55. The first-order valence-corrected chi connectivity index (χ1v) is 8.38. The van der Waals surface area contributed by atoms with Gasteiger partial charge in [-0.2, -0.15) is 5.10 Å². The lowest BCUT2D eigenvalue weighted by Gasteiger charge is -2.11. The van der Waals surface area contributed by atoms with Gasteiger partial charge in [-0.3, -0.25) is 0 Å². The highest BCUT2D eigenvalue weighted by Crippen LogP contribution is 2.23. The number of ether oxygens (including phenoxy) is 3. The van der Waals surface area contributed by atoms with Crippen LogP contribution in [0.5, 0.6) is 17.2 Å². The molecule has 0 aliphatic rings. The summed E-state index contributed by atoms with van der Waals surface area (Å²) in [5, 5.41) is 4.34. The van der Waals surface area contributed by atoms with Gasteiger partial charge in [0.25, 0.3) is 0 Å². The molecule has 7 nitrogen and oxygen atoms in total. The molecule has 7 heteroatoms. The Morgan fingerprint density at radius 2 is 1.81 bits per heavy atom. The molecule has 0 unspecified atom stereocenters. The monoisotopic (exact) mass is 366 g/mol. The molecule has 140 valence electrons. The third kappa shape index (κ3) is 4.58. The maximum atomic E-state index is 5.86. The van der Waals surface area contributed by atoms with Crippen molar-refractivity contribution in [3.05, 3.63) is 65.5 Å². The molecular weight excluding hydrogens is 344 g/mol. The summed E-state index contributed by atoms with van der Waals surface area (Å²) in [6, 6.07) is 13.2. The van der Waals surface area contributed by atoms with Gasteiger partial charge in [-0.15, -0.1) is 0 Å². The van der Waals surface area contributed by atoms with E-state index in [4.69, 9.17) is 19.9 Å². The molecule has 0 aliphatic heterocycles. The molecular formula is C20H22N4O3. The smallest absolute Gasteiger partial charge is 0.221 e. The average Bonchev–Trinajstić information content (AvgIpc) is 3.02. The Labute approximate surface area is 158 Å². The van der Waals surface area contributed by atoms with Gasteiger partial charge in [0.05, 0.1) is 32.3 Å². The number of anilines is 1.